The molecule has 1 saturated heterocycles. The van der Waals surface area contributed by atoms with Gasteiger partial charge in [-0.15, -0.1) is 0 Å². The van der Waals surface area contributed by atoms with E-state index in [0.29, 0.717) is 26.2 Å². The molecular weight excluding hydrogens is 321 g/mol. The fraction of sp³-hybridized carbons (Fsp3) is 0.579. The maximum absolute atomic E-state index is 13.9. The van der Waals surface area contributed by atoms with Crippen LogP contribution in [0.15, 0.2) is 18.2 Å². The SMILES string of the molecule is Cc1ccc(NC(=O)N2CCN(C(=O)C3CCCCC3)CC2)c(F)c1. The minimum absolute atomic E-state index is 0.163. The topological polar surface area (TPSA) is 52.7 Å². The van der Waals surface area contributed by atoms with Crippen LogP contribution >= 0.6 is 0 Å². The first-order valence-electron chi connectivity index (χ1n) is 9.15. The monoisotopic (exact) mass is 347 g/mol. The number of halogens is 1. The number of anilines is 1. The van der Waals surface area contributed by atoms with Crippen molar-refractivity contribution in [2.24, 2.45) is 5.92 Å². The van der Waals surface area contributed by atoms with E-state index < -0.39 is 5.82 Å². The average molecular weight is 347 g/mol. The molecule has 25 heavy (non-hydrogen) atoms. The second kappa shape index (κ2) is 7.85. The summed E-state index contributed by atoms with van der Waals surface area (Å²) < 4.78 is 13.9. The van der Waals surface area contributed by atoms with Crippen LogP contribution in [0.1, 0.15) is 37.7 Å². The van der Waals surface area contributed by atoms with E-state index in [1.54, 1.807) is 24.0 Å². The van der Waals surface area contributed by atoms with Crippen LogP contribution in [0.2, 0.25) is 0 Å². The van der Waals surface area contributed by atoms with Gasteiger partial charge in [-0.3, -0.25) is 4.79 Å². The average Bonchev–Trinajstić information content (AvgIpc) is 2.64. The maximum Gasteiger partial charge on any atom is 0.322 e. The first-order chi connectivity index (χ1) is 12.0. The van der Waals surface area contributed by atoms with Gasteiger partial charge in [0.05, 0.1) is 5.69 Å². The van der Waals surface area contributed by atoms with Gasteiger partial charge in [0, 0.05) is 32.1 Å². The Labute approximate surface area is 148 Å². The second-order valence-electron chi connectivity index (χ2n) is 7.06. The summed E-state index contributed by atoms with van der Waals surface area (Å²) in [6.45, 7) is 3.88. The van der Waals surface area contributed by atoms with Crippen LogP contribution in [0, 0.1) is 18.7 Å². The first-order valence-corrected chi connectivity index (χ1v) is 9.15. The molecule has 0 radical (unpaired) electrons. The quantitative estimate of drug-likeness (QED) is 0.891. The van der Waals surface area contributed by atoms with Crippen molar-refractivity contribution >= 4 is 17.6 Å². The Hall–Kier alpha value is -2.11. The number of urea groups is 1. The van der Waals surface area contributed by atoms with Gasteiger partial charge in [-0.2, -0.15) is 0 Å². The minimum Gasteiger partial charge on any atom is -0.339 e. The third kappa shape index (κ3) is 4.30. The van der Waals surface area contributed by atoms with E-state index in [1.807, 2.05) is 4.90 Å². The molecule has 2 aliphatic rings. The van der Waals surface area contributed by atoms with E-state index in [4.69, 9.17) is 0 Å². The number of nitrogens with one attached hydrogen (secondary N) is 1. The Morgan fingerprint density at radius 1 is 1.04 bits per heavy atom. The van der Waals surface area contributed by atoms with E-state index in [-0.39, 0.29) is 23.5 Å². The van der Waals surface area contributed by atoms with E-state index in [1.165, 1.54) is 12.5 Å². The Morgan fingerprint density at radius 2 is 1.68 bits per heavy atom. The number of benzene rings is 1. The van der Waals surface area contributed by atoms with Gasteiger partial charge in [0.1, 0.15) is 5.82 Å². The van der Waals surface area contributed by atoms with Crippen molar-refractivity contribution in [3.63, 3.8) is 0 Å². The van der Waals surface area contributed by atoms with Crippen molar-refractivity contribution in [1.82, 2.24) is 9.80 Å². The van der Waals surface area contributed by atoms with Crippen molar-refractivity contribution in [3.8, 4) is 0 Å². The number of hydrogen-bond acceptors (Lipinski definition) is 2. The molecule has 0 spiro atoms. The summed E-state index contributed by atoms with van der Waals surface area (Å²) in [6.07, 6.45) is 5.49. The number of aryl methyl sites for hydroxylation is 1. The van der Waals surface area contributed by atoms with E-state index in [9.17, 15) is 14.0 Å². The fourth-order valence-corrected chi connectivity index (χ4v) is 3.65. The number of amides is 3. The van der Waals surface area contributed by atoms with E-state index in [0.717, 1.165) is 31.2 Å². The van der Waals surface area contributed by atoms with Gasteiger partial charge in [-0.05, 0) is 37.5 Å². The van der Waals surface area contributed by atoms with Crippen LogP contribution in [0.3, 0.4) is 0 Å². The summed E-state index contributed by atoms with van der Waals surface area (Å²) >= 11 is 0. The second-order valence-corrected chi connectivity index (χ2v) is 7.06. The van der Waals surface area contributed by atoms with E-state index >= 15 is 0 Å². The molecule has 1 aromatic carbocycles. The minimum atomic E-state index is -0.431. The Bertz CT molecular complexity index is 636. The molecule has 1 saturated carbocycles. The standard InChI is InChI=1S/C19H26FN3O2/c1-14-7-8-17(16(20)13-14)21-19(25)23-11-9-22(10-12-23)18(24)15-5-3-2-4-6-15/h7-8,13,15H,2-6,9-12H2,1H3,(H,21,25). The smallest absolute Gasteiger partial charge is 0.322 e. The molecule has 3 amide bonds. The molecule has 1 aromatic rings. The number of piperazine rings is 1. The molecule has 0 bridgehead atoms. The third-order valence-corrected chi connectivity index (χ3v) is 5.20. The van der Waals surface area contributed by atoms with Gasteiger partial charge in [0.25, 0.3) is 0 Å². The summed E-state index contributed by atoms with van der Waals surface area (Å²) in [7, 11) is 0. The Balaban J connectivity index is 1.51. The molecular formula is C19H26FN3O2. The first kappa shape index (κ1) is 17.7. The summed E-state index contributed by atoms with van der Waals surface area (Å²) in [6, 6.07) is 4.42. The molecule has 136 valence electrons. The largest absolute Gasteiger partial charge is 0.339 e. The molecule has 2 fully saturated rings. The highest BCUT2D eigenvalue weighted by Gasteiger charge is 2.29. The zero-order valence-electron chi connectivity index (χ0n) is 14.8. The lowest BCUT2D eigenvalue weighted by molar-refractivity contribution is -0.137. The number of hydrogen-bond donors (Lipinski definition) is 1. The molecule has 0 aromatic heterocycles. The van der Waals surface area contributed by atoms with Crippen molar-refractivity contribution in [3.05, 3.63) is 29.6 Å². The van der Waals surface area contributed by atoms with Crippen LogP contribution in [0.5, 0.6) is 0 Å². The summed E-state index contributed by atoms with van der Waals surface area (Å²) in [5, 5.41) is 2.62. The highest BCUT2D eigenvalue weighted by atomic mass is 19.1. The van der Waals surface area contributed by atoms with Crippen LogP contribution in [-0.2, 0) is 4.79 Å². The van der Waals surface area contributed by atoms with Crippen molar-refractivity contribution in [2.75, 3.05) is 31.5 Å². The summed E-state index contributed by atoms with van der Waals surface area (Å²) in [4.78, 5) is 28.4. The highest BCUT2D eigenvalue weighted by molar-refractivity contribution is 5.89. The number of carbonyl (C=O) groups is 2. The molecule has 1 aliphatic carbocycles. The van der Waals surface area contributed by atoms with E-state index in [2.05, 4.69) is 5.32 Å². The number of carbonyl (C=O) groups excluding carboxylic acids is 2. The van der Waals surface area contributed by atoms with Gasteiger partial charge in [0.15, 0.2) is 0 Å². The van der Waals surface area contributed by atoms with Gasteiger partial charge < -0.3 is 15.1 Å². The third-order valence-electron chi connectivity index (χ3n) is 5.20. The molecule has 0 unspecified atom stereocenters. The molecule has 0 atom stereocenters. The molecule has 3 rings (SSSR count). The van der Waals surface area contributed by atoms with Gasteiger partial charge >= 0.3 is 6.03 Å². The Kier molecular flexibility index (Phi) is 5.56. The Morgan fingerprint density at radius 3 is 2.32 bits per heavy atom. The number of nitrogens with zero attached hydrogens (tertiary/aromatic N) is 2. The lowest BCUT2D eigenvalue weighted by atomic mass is 9.88. The van der Waals surface area contributed by atoms with Crippen LogP contribution in [0.25, 0.3) is 0 Å². The normalized spacial score (nSPS) is 19.0. The molecule has 5 nitrogen and oxygen atoms in total. The predicted octanol–water partition coefficient (Wildman–Crippen LogP) is 3.39. The lowest BCUT2D eigenvalue weighted by Gasteiger charge is -2.37. The van der Waals surface area contributed by atoms with Gasteiger partial charge in [0.2, 0.25) is 5.91 Å². The van der Waals surface area contributed by atoms with Gasteiger partial charge in [-0.25, -0.2) is 9.18 Å². The molecule has 1 N–H and O–H groups in total. The maximum atomic E-state index is 13.9. The van der Waals surface area contributed by atoms with Crippen LogP contribution in [0.4, 0.5) is 14.9 Å². The van der Waals surface area contributed by atoms with Crippen molar-refractivity contribution in [1.29, 1.82) is 0 Å². The molecule has 6 heteroatoms. The molecule has 1 aliphatic heterocycles. The van der Waals surface area contributed by atoms with Crippen molar-refractivity contribution < 1.29 is 14.0 Å². The van der Waals surface area contributed by atoms with Crippen LogP contribution in [-0.4, -0.2) is 47.9 Å². The zero-order valence-corrected chi connectivity index (χ0v) is 14.8. The predicted molar refractivity (Wildman–Crippen MR) is 94.9 cm³/mol. The summed E-state index contributed by atoms with van der Waals surface area (Å²) in [5.74, 6) is -0.0282. The number of rotatable bonds is 2. The fourth-order valence-electron chi connectivity index (χ4n) is 3.65. The molecule has 1 heterocycles. The zero-order chi connectivity index (χ0) is 17.8. The van der Waals surface area contributed by atoms with Crippen LogP contribution < -0.4 is 5.32 Å². The van der Waals surface area contributed by atoms with Gasteiger partial charge in [-0.1, -0.05) is 25.3 Å². The lowest BCUT2D eigenvalue weighted by Crippen LogP contribution is -2.53. The highest BCUT2D eigenvalue weighted by Crippen LogP contribution is 2.26. The van der Waals surface area contributed by atoms with Crippen molar-refractivity contribution in [2.45, 2.75) is 39.0 Å². The summed E-state index contributed by atoms with van der Waals surface area (Å²) in [5.41, 5.74) is 1.00.